The molecule has 2 aliphatic heterocycles. The second-order valence-corrected chi connectivity index (χ2v) is 6.89. The first kappa shape index (κ1) is 16.4. The largest absolute Gasteiger partial charge is 0.367 e. The standard InChI is InChI=1S/C21H21N3O2/c1-22-13-11-15-7-3-5-9-17(15)19(22)21(24(25)26)20-18-10-6-4-8-16(18)12-14-23(20)2/h3-14,19-21H,1-2H3/t19-,20+,21?. The van der Waals surface area contributed by atoms with E-state index in [1.807, 2.05) is 97.0 Å². The van der Waals surface area contributed by atoms with Gasteiger partial charge in [0.05, 0.1) is 0 Å². The Hall–Kier alpha value is -3.08. The van der Waals surface area contributed by atoms with Crippen LogP contribution in [0.25, 0.3) is 12.2 Å². The number of hydrogen-bond acceptors (Lipinski definition) is 4. The van der Waals surface area contributed by atoms with Crippen molar-refractivity contribution in [3.63, 3.8) is 0 Å². The third-order valence-corrected chi connectivity index (χ3v) is 5.38. The van der Waals surface area contributed by atoms with Gasteiger partial charge < -0.3 is 9.80 Å². The molecule has 2 aromatic carbocycles. The lowest BCUT2D eigenvalue weighted by molar-refractivity contribution is -0.539. The summed E-state index contributed by atoms with van der Waals surface area (Å²) in [6, 6.07) is 14.4. The minimum Gasteiger partial charge on any atom is -0.367 e. The predicted octanol–water partition coefficient (Wildman–Crippen LogP) is 3.95. The zero-order chi connectivity index (χ0) is 18.3. The third kappa shape index (κ3) is 2.56. The Labute approximate surface area is 153 Å². The molecular weight excluding hydrogens is 326 g/mol. The molecule has 0 saturated heterocycles. The number of nitro groups is 1. The van der Waals surface area contributed by atoms with Crippen molar-refractivity contribution in [3.8, 4) is 0 Å². The summed E-state index contributed by atoms with van der Waals surface area (Å²) in [4.78, 5) is 16.1. The number of fused-ring (bicyclic) bond motifs is 2. The quantitative estimate of drug-likeness (QED) is 0.623. The lowest BCUT2D eigenvalue weighted by Gasteiger charge is -2.40. The average Bonchev–Trinajstić information content (AvgIpc) is 2.65. The second-order valence-electron chi connectivity index (χ2n) is 6.89. The van der Waals surface area contributed by atoms with Gasteiger partial charge in [0, 0.05) is 31.4 Å². The van der Waals surface area contributed by atoms with E-state index in [2.05, 4.69) is 0 Å². The molecule has 2 aromatic rings. The molecule has 0 bridgehead atoms. The van der Waals surface area contributed by atoms with Crippen molar-refractivity contribution in [1.82, 2.24) is 9.80 Å². The molecule has 5 nitrogen and oxygen atoms in total. The van der Waals surface area contributed by atoms with Crippen molar-refractivity contribution in [2.75, 3.05) is 14.1 Å². The van der Waals surface area contributed by atoms with Crippen LogP contribution in [0.15, 0.2) is 60.9 Å². The summed E-state index contributed by atoms with van der Waals surface area (Å²) in [5, 5.41) is 12.3. The van der Waals surface area contributed by atoms with Crippen LogP contribution in [0.1, 0.15) is 34.3 Å². The lowest BCUT2D eigenvalue weighted by atomic mass is 9.83. The molecule has 0 radical (unpaired) electrons. The molecule has 0 saturated carbocycles. The van der Waals surface area contributed by atoms with E-state index in [0.717, 1.165) is 22.3 Å². The van der Waals surface area contributed by atoms with Crippen molar-refractivity contribution < 1.29 is 4.92 Å². The van der Waals surface area contributed by atoms with Crippen molar-refractivity contribution in [2.24, 2.45) is 0 Å². The summed E-state index contributed by atoms with van der Waals surface area (Å²) in [7, 11) is 3.83. The van der Waals surface area contributed by atoms with Crippen molar-refractivity contribution in [3.05, 3.63) is 93.3 Å². The van der Waals surface area contributed by atoms with E-state index in [4.69, 9.17) is 0 Å². The van der Waals surface area contributed by atoms with E-state index in [-0.39, 0.29) is 17.0 Å². The summed E-state index contributed by atoms with van der Waals surface area (Å²) in [5.41, 5.74) is 4.09. The highest BCUT2D eigenvalue weighted by atomic mass is 16.6. The van der Waals surface area contributed by atoms with Gasteiger partial charge in [-0.1, -0.05) is 48.5 Å². The average molecular weight is 347 g/mol. The highest BCUT2D eigenvalue weighted by Gasteiger charge is 2.46. The number of rotatable bonds is 3. The van der Waals surface area contributed by atoms with Crippen LogP contribution in [-0.4, -0.2) is 34.9 Å². The van der Waals surface area contributed by atoms with Gasteiger partial charge in [-0.3, -0.25) is 10.1 Å². The minimum absolute atomic E-state index is 0.117. The van der Waals surface area contributed by atoms with E-state index in [1.54, 1.807) is 0 Å². The van der Waals surface area contributed by atoms with Crippen LogP contribution < -0.4 is 0 Å². The molecule has 0 spiro atoms. The minimum atomic E-state index is -0.804. The maximum absolute atomic E-state index is 12.3. The van der Waals surface area contributed by atoms with Crippen molar-refractivity contribution in [1.29, 1.82) is 0 Å². The first-order chi connectivity index (χ1) is 12.6. The normalized spacial score (nSPS) is 21.9. The summed E-state index contributed by atoms with van der Waals surface area (Å²) in [6.07, 6.45) is 7.91. The first-order valence-electron chi connectivity index (χ1n) is 8.69. The number of likely N-dealkylation sites (N-methyl/N-ethyl adjacent to an activating group) is 2. The van der Waals surface area contributed by atoms with E-state index in [1.165, 1.54) is 0 Å². The number of hydrogen-bond donors (Lipinski definition) is 0. The van der Waals surface area contributed by atoms with Gasteiger partial charge in [0.1, 0.15) is 12.1 Å². The number of nitrogens with zero attached hydrogens (tertiary/aromatic N) is 3. The Bertz CT molecular complexity index is 838. The molecule has 3 atom stereocenters. The summed E-state index contributed by atoms with van der Waals surface area (Å²) in [5.74, 6) is 0. The van der Waals surface area contributed by atoms with Gasteiger partial charge in [0.2, 0.25) is 0 Å². The molecule has 5 heteroatoms. The van der Waals surface area contributed by atoms with Gasteiger partial charge in [0.15, 0.2) is 0 Å². The van der Waals surface area contributed by atoms with E-state index < -0.39 is 6.04 Å². The van der Waals surface area contributed by atoms with Crippen LogP contribution in [0.4, 0.5) is 0 Å². The smallest absolute Gasteiger partial charge is 0.261 e. The summed E-state index contributed by atoms with van der Waals surface area (Å²) in [6.45, 7) is 0. The molecule has 132 valence electrons. The molecule has 26 heavy (non-hydrogen) atoms. The van der Waals surface area contributed by atoms with Gasteiger partial charge >= 0.3 is 0 Å². The SMILES string of the molecule is CN1C=Cc2ccccc2[C@@H]1C([C@@H]1c2ccccc2C=CN1C)[N+](=O)[O-]. The van der Waals surface area contributed by atoms with Crippen LogP contribution in [0, 0.1) is 10.1 Å². The molecule has 0 N–H and O–H groups in total. The highest BCUT2D eigenvalue weighted by Crippen LogP contribution is 2.42. The molecule has 2 aliphatic rings. The highest BCUT2D eigenvalue weighted by molar-refractivity contribution is 5.59. The summed E-state index contributed by atoms with van der Waals surface area (Å²) < 4.78 is 0. The fourth-order valence-corrected chi connectivity index (χ4v) is 4.14. The second kappa shape index (κ2) is 6.33. The van der Waals surface area contributed by atoms with Crippen molar-refractivity contribution >= 4 is 12.2 Å². The van der Waals surface area contributed by atoms with Crippen LogP contribution in [0.3, 0.4) is 0 Å². The molecule has 0 aliphatic carbocycles. The molecule has 0 fully saturated rings. The fraction of sp³-hybridized carbons (Fsp3) is 0.238. The van der Waals surface area contributed by atoms with Crippen LogP contribution in [0.2, 0.25) is 0 Å². The lowest BCUT2D eigenvalue weighted by Crippen LogP contribution is -2.46. The molecule has 1 unspecified atom stereocenters. The third-order valence-electron chi connectivity index (χ3n) is 5.38. The van der Waals surface area contributed by atoms with Crippen LogP contribution in [-0.2, 0) is 0 Å². The Morgan fingerprint density at radius 3 is 1.69 bits per heavy atom. The Balaban J connectivity index is 1.86. The van der Waals surface area contributed by atoms with E-state index in [0.29, 0.717) is 0 Å². The molecule has 2 heterocycles. The van der Waals surface area contributed by atoms with Gasteiger partial charge in [-0.2, -0.15) is 0 Å². The van der Waals surface area contributed by atoms with Gasteiger partial charge in [-0.25, -0.2) is 0 Å². The van der Waals surface area contributed by atoms with Gasteiger partial charge in [-0.15, -0.1) is 0 Å². The van der Waals surface area contributed by atoms with Gasteiger partial charge in [0.25, 0.3) is 6.04 Å². The Morgan fingerprint density at radius 2 is 1.27 bits per heavy atom. The van der Waals surface area contributed by atoms with Gasteiger partial charge in [-0.05, 0) is 34.4 Å². The predicted molar refractivity (Wildman–Crippen MR) is 103 cm³/mol. The van der Waals surface area contributed by atoms with E-state index in [9.17, 15) is 10.1 Å². The zero-order valence-electron chi connectivity index (χ0n) is 14.8. The molecular formula is C21H21N3O2. The molecule has 0 aromatic heterocycles. The molecule has 4 rings (SSSR count). The maximum atomic E-state index is 12.3. The first-order valence-corrected chi connectivity index (χ1v) is 8.69. The Morgan fingerprint density at radius 1 is 0.846 bits per heavy atom. The Kier molecular flexibility index (Phi) is 3.99. The van der Waals surface area contributed by atoms with Crippen LogP contribution >= 0.6 is 0 Å². The zero-order valence-corrected chi connectivity index (χ0v) is 14.8. The summed E-state index contributed by atoms with van der Waals surface area (Å²) >= 11 is 0. The monoisotopic (exact) mass is 347 g/mol. The number of benzene rings is 2. The maximum Gasteiger partial charge on any atom is 0.261 e. The topological polar surface area (TPSA) is 49.6 Å². The van der Waals surface area contributed by atoms with Crippen LogP contribution in [0.5, 0.6) is 0 Å². The van der Waals surface area contributed by atoms with Crippen molar-refractivity contribution in [2.45, 2.75) is 18.1 Å². The molecule has 0 amide bonds. The van der Waals surface area contributed by atoms with E-state index >= 15 is 0 Å². The fourth-order valence-electron chi connectivity index (χ4n) is 4.14.